The molecule has 0 bridgehead atoms. The zero-order valence-electron chi connectivity index (χ0n) is 7.64. The van der Waals surface area contributed by atoms with Crippen LogP contribution in [0.2, 0.25) is 0 Å². The Morgan fingerprint density at radius 2 is 2.20 bits per heavy atom. The van der Waals surface area contributed by atoms with Crippen molar-refractivity contribution in [2.45, 2.75) is 25.1 Å². The number of hydrogen-bond acceptors (Lipinski definition) is 3. The summed E-state index contributed by atoms with van der Waals surface area (Å²) in [5.41, 5.74) is 2.40. The molecule has 2 nitrogen and oxygen atoms in total. The minimum Gasteiger partial charge on any atom is -0.271 e. The quantitative estimate of drug-likeness (QED) is 0.661. The molecule has 0 aromatic carbocycles. The lowest BCUT2D eigenvalue weighted by Crippen LogP contribution is -2.28. The fraction of sp³-hybridized carbons (Fsp3) is 0.500. The third-order valence-corrected chi connectivity index (χ3v) is 3.86. The molecule has 0 aliphatic carbocycles. The Morgan fingerprint density at radius 1 is 1.53 bits per heavy atom. The lowest BCUT2D eigenvalue weighted by Gasteiger charge is -2.16. The number of halogens is 4. The van der Waals surface area contributed by atoms with Gasteiger partial charge in [0.15, 0.2) is 0 Å². The molecule has 7 heteroatoms. The van der Waals surface area contributed by atoms with E-state index in [0.29, 0.717) is 0 Å². The lowest BCUT2D eigenvalue weighted by atomic mass is 10.1. The standard InChI is InChI=1S/C8H10BrF3N2S/c9-5-2-4-15-7(5)6(14-13)1-3-8(10,11)12/h2,4,6,14H,1,3,13H2. The van der Waals surface area contributed by atoms with Crippen LogP contribution < -0.4 is 11.3 Å². The normalized spacial score (nSPS) is 14.2. The SMILES string of the molecule is NNC(CCC(F)(F)F)c1sccc1Br. The van der Waals surface area contributed by atoms with Gasteiger partial charge in [0.05, 0.1) is 6.04 Å². The van der Waals surface area contributed by atoms with Gasteiger partial charge in [-0.2, -0.15) is 13.2 Å². The van der Waals surface area contributed by atoms with Gasteiger partial charge < -0.3 is 0 Å². The van der Waals surface area contributed by atoms with Crippen LogP contribution in [-0.4, -0.2) is 6.18 Å². The molecule has 3 N–H and O–H groups in total. The van der Waals surface area contributed by atoms with E-state index in [2.05, 4.69) is 21.4 Å². The van der Waals surface area contributed by atoms with Crippen molar-refractivity contribution in [3.63, 3.8) is 0 Å². The number of rotatable bonds is 4. The van der Waals surface area contributed by atoms with Crippen molar-refractivity contribution in [3.8, 4) is 0 Å². The van der Waals surface area contributed by atoms with E-state index in [1.807, 2.05) is 0 Å². The summed E-state index contributed by atoms with van der Waals surface area (Å²) in [5.74, 6) is 5.23. The van der Waals surface area contributed by atoms with E-state index in [1.165, 1.54) is 11.3 Å². The molecule has 1 unspecified atom stereocenters. The highest BCUT2D eigenvalue weighted by molar-refractivity contribution is 9.10. The molecule has 1 aromatic rings. The van der Waals surface area contributed by atoms with E-state index in [9.17, 15) is 13.2 Å². The van der Waals surface area contributed by atoms with Crippen LogP contribution in [0.25, 0.3) is 0 Å². The zero-order valence-corrected chi connectivity index (χ0v) is 10.0. The van der Waals surface area contributed by atoms with Crippen LogP contribution in [0.4, 0.5) is 13.2 Å². The number of alkyl halides is 3. The first-order chi connectivity index (χ1) is 6.94. The average Bonchev–Trinajstić information content (AvgIpc) is 2.52. The average molecular weight is 303 g/mol. The van der Waals surface area contributed by atoms with Crippen molar-refractivity contribution >= 4 is 27.3 Å². The molecule has 1 heterocycles. The summed E-state index contributed by atoms with van der Waals surface area (Å²) in [6, 6.07) is 1.33. The molecular weight excluding hydrogens is 293 g/mol. The van der Waals surface area contributed by atoms with E-state index in [1.54, 1.807) is 11.4 Å². The highest BCUT2D eigenvalue weighted by atomic mass is 79.9. The Labute approximate surface area is 97.8 Å². The first kappa shape index (κ1) is 13.0. The van der Waals surface area contributed by atoms with Crippen LogP contribution in [-0.2, 0) is 0 Å². The Kier molecular flexibility index (Phi) is 4.57. The van der Waals surface area contributed by atoms with Crippen LogP contribution in [0, 0.1) is 0 Å². The largest absolute Gasteiger partial charge is 0.389 e. The topological polar surface area (TPSA) is 38.0 Å². The molecule has 0 amide bonds. The number of nitrogens with one attached hydrogen (secondary N) is 1. The second-order valence-corrected chi connectivity index (χ2v) is 4.81. The van der Waals surface area contributed by atoms with Gasteiger partial charge in [-0.3, -0.25) is 11.3 Å². The molecule has 0 aliphatic heterocycles. The first-order valence-corrected chi connectivity index (χ1v) is 5.87. The molecule has 1 rings (SSSR count). The number of hydrogen-bond donors (Lipinski definition) is 2. The Hall–Kier alpha value is -0.110. The van der Waals surface area contributed by atoms with Gasteiger partial charge in [-0.1, -0.05) is 0 Å². The molecule has 1 aromatic heterocycles. The van der Waals surface area contributed by atoms with Crippen molar-refractivity contribution in [1.82, 2.24) is 5.43 Å². The van der Waals surface area contributed by atoms with Crippen molar-refractivity contribution in [2.75, 3.05) is 0 Å². The van der Waals surface area contributed by atoms with Crippen LogP contribution in [0.15, 0.2) is 15.9 Å². The zero-order chi connectivity index (χ0) is 11.5. The third kappa shape index (κ3) is 4.10. The van der Waals surface area contributed by atoms with Gasteiger partial charge in [0, 0.05) is 15.8 Å². The second kappa shape index (κ2) is 5.29. The molecule has 0 spiro atoms. The summed E-state index contributed by atoms with van der Waals surface area (Å²) in [4.78, 5) is 0.793. The molecule has 86 valence electrons. The molecule has 0 aliphatic rings. The molecular formula is C8H10BrF3N2S. The Balaban J connectivity index is 2.61. The lowest BCUT2D eigenvalue weighted by molar-refractivity contribution is -0.136. The van der Waals surface area contributed by atoms with E-state index in [-0.39, 0.29) is 6.42 Å². The summed E-state index contributed by atoms with van der Waals surface area (Å²) in [5, 5.41) is 1.80. The van der Waals surface area contributed by atoms with Gasteiger partial charge in [0.25, 0.3) is 0 Å². The number of thiophene rings is 1. The fourth-order valence-corrected chi connectivity index (χ4v) is 2.90. The predicted octanol–water partition coefficient (Wildman–Crippen LogP) is 3.36. The smallest absolute Gasteiger partial charge is 0.271 e. The Bertz CT molecular complexity index is 313. The minimum absolute atomic E-state index is 0.0564. The van der Waals surface area contributed by atoms with Crippen molar-refractivity contribution < 1.29 is 13.2 Å². The molecule has 0 saturated carbocycles. The van der Waals surface area contributed by atoms with Crippen LogP contribution >= 0.6 is 27.3 Å². The van der Waals surface area contributed by atoms with Gasteiger partial charge in [0.2, 0.25) is 0 Å². The molecule has 0 saturated heterocycles. The monoisotopic (exact) mass is 302 g/mol. The molecule has 15 heavy (non-hydrogen) atoms. The van der Waals surface area contributed by atoms with Crippen LogP contribution in [0.1, 0.15) is 23.8 Å². The third-order valence-electron chi connectivity index (χ3n) is 1.88. The fourth-order valence-electron chi connectivity index (χ4n) is 1.15. The van der Waals surface area contributed by atoms with Gasteiger partial charge in [-0.05, 0) is 33.8 Å². The van der Waals surface area contributed by atoms with Gasteiger partial charge in [0.1, 0.15) is 0 Å². The van der Waals surface area contributed by atoms with Crippen LogP contribution in [0.5, 0.6) is 0 Å². The highest BCUT2D eigenvalue weighted by Gasteiger charge is 2.29. The Morgan fingerprint density at radius 3 is 2.60 bits per heavy atom. The van der Waals surface area contributed by atoms with Gasteiger partial charge >= 0.3 is 6.18 Å². The van der Waals surface area contributed by atoms with E-state index >= 15 is 0 Å². The van der Waals surface area contributed by atoms with E-state index < -0.39 is 18.6 Å². The van der Waals surface area contributed by atoms with E-state index in [4.69, 9.17) is 5.84 Å². The summed E-state index contributed by atoms with van der Waals surface area (Å²) >= 11 is 4.64. The van der Waals surface area contributed by atoms with Crippen molar-refractivity contribution in [2.24, 2.45) is 5.84 Å². The highest BCUT2D eigenvalue weighted by Crippen LogP contribution is 2.33. The summed E-state index contributed by atoms with van der Waals surface area (Å²) in [6.07, 6.45) is -5.04. The maximum absolute atomic E-state index is 12.0. The summed E-state index contributed by atoms with van der Waals surface area (Å²) < 4.78 is 36.8. The molecule has 1 atom stereocenters. The predicted molar refractivity (Wildman–Crippen MR) is 57.4 cm³/mol. The minimum atomic E-state index is -4.14. The van der Waals surface area contributed by atoms with Crippen molar-refractivity contribution in [1.29, 1.82) is 0 Å². The molecule has 0 radical (unpaired) electrons. The second-order valence-electron chi connectivity index (χ2n) is 3.01. The molecule has 0 fully saturated rings. The van der Waals surface area contributed by atoms with Crippen molar-refractivity contribution in [3.05, 3.63) is 20.8 Å². The summed E-state index contributed by atoms with van der Waals surface area (Å²) in [6.45, 7) is 0. The van der Waals surface area contributed by atoms with Gasteiger partial charge in [-0.15, -0.1) is 11.3 Å². The number of hydrazine groups is 1. The maximum atomic E-state index is 12.0. The number of nitrogens with two attached hydrogens (primary N) is 1. The van der Waals surface area contributed by atoms with Gasteiger partial charge in [-0.25, -0.2) is 0 Å². The summed E-state index contributed by atoms with van der Waals surface area (Å²) in [7, 11) is 0. The first-order valence-electron chi connectivity index (χ1n) is 4.20. The van der Waals surface area contributed by atoms with Crippen LogP contribution in [0.3, 0.4) is 0 Å². The van der Waals surface area contributed by atoms with E-state index in [0.717, 1.165) is 9.35 Å². The maximum Gasteiger partial charge on any atom is 0.389 e.